The second-order valence-electron chi connectivity index (χ2n) is 3.73. The molecule has 0 aliphatic carbocycles. The van der Waals surface area contributed by atoms with Crippen molar-refractivity contribution < 1.29 is 4.74 Å². The lowest BCUT2D eigenvalue weighted by atomic mass is 10.4. The van der Waals surface area contributed by atoms with E-state index in [1.54, 1.807) is 0 Å². The van der Waals surface area contributed by atoms with Gasteiger partial charge in [-0.1, -0.05) is 23.7 Å². The second kappa shape index (κ2) is 6.50. The van der Waals surface area contributed by atoms with Gasteiger partial charge in [0.2, 0.25) is 0 Å². The van der Waals surface area contributed by atoms with Crippen LogP contribution >= 0.6 is 23.4 Å². The topological polar surface area (TPSA) is 12.5 Å². The summed E-state index contributed by atoms with van der Waals surface area (Å²) in [6, 6.07) is 8.02. The Morgan fingerprint density at radius 1 is 1.25 bits per heavy atom. The zero-order chi connectivity index (χ0) is 11.2. The van der Waals surface area contributed by atoms with Crippen LogP contribution in [-0.2, 0) is 4.74 Å². The van der Waals surface area contributed by atoms with Gasteiger partial charge in [0.15, 0.2) is 0 Å². The lowest BCUT2D eigenvalue weighted by Gasteiger charge is -2.26. The molecule has 4 heteroatoms. The van der Waals surface area contributed by atoms with Crippen molar-refractivity contribution in [1.29, 1.82) is 0 Å². The van der Waals surface area contributed by atoms with Crippen LogP contribution in [0.5, 0.6) is 0 Å². The highest BCUT2D eigenvalue weighted by Gasteiger charge is 2.09. The van der Waals surface area contributed by atoms with Crippen LogP contribution in [0.25, 0.3) is 0 Å². The largest absolute Gasteiger partial charge is 0.379 e. The van der Waals surface area contributed by atoms with Crippen LogP contribution in [0.1, 0.15) is 0 Å². The molecule has 0 amide bonds. The molecular formula is C12H16ClNOS. The Bertz CT molecular complexity index is 329. The molecule has 0 unspecified atom stereocenters. The fourth-order valence-electron chi connectivity index (χ4n) is 1.67. The van der Waals surface area contributed by atoms with E-state index >= 15 is 0 Å². The number of morpholine rings is 1. The summed E-state index contributed by atoms with van der Waals surface area (Å²) in [4.78, 5) is 3.62. The van der Waals surface area contributed by atoms with Crippen LogP contribution in [0.4, 0.5) is 0 Å². The summed E-state index contributed by atoms with van der Waals surface area (Å²) < 4.78 is 5.31. The maximum Gasteiger partial charge on any atom is 0.0594 e. The van der Waals surface area contributed by atoms with Gasteiger partial charge in [-0.05, 0) is 12.1 Å². The van der Waals surface area contributed by atoms with Gasteiger partial charge in [0.1, 0.15) is 0 Å². The maximum absolute atomic E-state index is 6.09. The Labute approximate surface area is 106 Å². The number of hydrogen-bond acceptors (Lipinski definition) is 3. The predicted octanol–water partition coefficient (Wildman–Crippen LogP) is 2.76. The predicted molar refractivity (Wildman–Crippen MR) is 69.4 cm³/mol. The number of nitrogens with zero attached hydrogens (tertiary/aromatic N) is 1. The van der Waals surface area contributed by atoms with Crippen LogP contribution in [-0.4, -0.2) is 43.5 Å². The van der Waals surface area contributed by atoms with E-state index in [1.807, 2.05) is 30.0 Å². The summed E-state index contributed by atoms with van der Waals surface area (Å²) >= 11 is 7.92. The van der Waals surface area contributed by atoms with Gasteiger partial charge in [-0.3, -0.25) is 4.90 Å². The molecule has 0 radical (unpaired) electrons. The Balaban J connectivity index is 1.73. The Hall–Kier alpha value is -0.220. The third-order valence-electron chi connectivity index (χ3n) is 2.61. The van der Waals surface area contributed by atoms with Crippen LogP contribution in [0.15, 0.2) is 29.2 Å². The molecule has 16 heavy (non-hydrogen) atoms. The molecular weight excluding hydrogens is 242 g/mol. The Kier molecular flexibility index (Phi) is 4.97. The molecule has 1 aliphatic rings. The first-order chi connectivity index (χ1) is 7.86. The van der Waals surface area contributed by atoms with Crippen molar-refractivity contribution in [1.82, 2.24) is 4.90 Å². The zero-order valence-corrected chi connectivity index (χ0v) is 10.8. The van der Waals surface area contributed by atoms with Crippen molar-refractivity contribution >= 4 is 23.4 Å². The van der Waals surface area contributed by atoms with Gasteiger partial charge in [0.05, 0.1) is 18.2 Å². The SMILES string of the molecule is Clc1ccccc1SCCN1CCOCC1. The van der Waals surface area contributed by atoms with E-state index in [4.69, 9.17) is 16.3 Å². The molecule has 0 bridgehead atoms. The van der Waals surface area contributed by atoms with E-state index in [0.717, 1.165) is 43.6 Å². The third-order valence-corrected chi connectivity index (χ3v) is 4.10. The van der Waals surface area contributed by atoms with Crippen molar-refractivity contribution in [2.75, 3.05) is 38.6 Å². The van der Waals surface area contributed by atoms with Gasteiger partial charge in [-0.15, -0.1) is 11.8 Å². The number of rotatable bonds is 4. The second-order valence-corrected chi connectivity index (χ2v) is 5.28. The standard InChI is InChI=1S/C12H16ClNOS/c13-11-3-1-2-4-12(11)16-10-7-14-5-8-15-9-6-14/h1-4H,5-10H2. The van der Waals surface area contributed by atoms with E-state index < -0.39 is 0 Å². The van der Waals surface area contributed by atoms with Crippen LogP contribution in [0, 0.1) is 0 Å². The van der Waals surface area contributed by atoms with Crippen LogP contribution < -0.4 is 0 Å². The van der Waals surface area contributed by atoms with E-state index in [1.165, 1.54) is 4.90 Å². The summed E-state index contributed by atoms with van der Waals surface area (Å²) in [6.07, 6.45) is 0. The number of hydrogen-bond donors (Lipinski definition) is 0. The van der Waals surface area contributed by atoms with Gasteiger partial charge in [0.25, 0.3) is 0 Å². The molecule has 0 atom stereocenters. The van der Waals surface area contributed by atoms with Crippen molar-refractivity contribution in [3.63, 3.8) is 0 Å². The molecule has 2 rings (SSSR count). The molecule has 0 aromatic heterocycles. The molecule has 2 nitrogen and oxygen atoms in total. The summed E-state index contributed by atoms with van der Waals surface area (Å²) in [5.41, 5.74) is 0. The minimum absolute atomic E-state index is 0.856. The molecule has 1 aliphatic heterocycles. The van der Waals surface area contributed by atoms with Crippen molar-refractivity contribution in [3.05, 3.63) is 29.3 Å². The Morgan fingerprint density at radius 3 is 2.75 bits per heavy atom. The molecule has 1 aromatic carbocycles. The average Bonchev–Trinajstić information content (AvgIpc) is 2.33. The van der Waals surface area contributed by atoms with Crippen molar-refractivity contribution in [2.24, 2.45) is 0 Å². The fourth-order valence-corrected chi connectivity index (χ4v) is 2.92. The minimum Gasteiger partial charge on any atom is -0.379 e. The zero-order valence-electron chi connectivity index (χ0n) is 9.19. The molecule has 0 spiro atoms. The van der Waals surface area contributed by atoms with Gasteiger partial charge >= 0.3 is 0 Å². The quantitative estimate of drug-likeness (QED) is 0.770. The van der Waals surface area contributed by atoms with E-state index in [2.05, 4.69) is 11.0 Å². The first kappa shape index (κ1) is 12.2. The highest BCUT2D eigenvalue weighted by Crippen LogP contribution is 2.26. The molecule has 1 aromatic rings. The van der Waals surface area contributed by atoms with E-state index in [-0.39, 0.29) is 0 Å². The van der Waals surface area contributed by atoms with Gasteiger partial charge in [-0.25, -0.2) is 0 Å². The lowest BCUT2D eigenvalue weighted by Crippen LogP contribution is -2.37. The van der Waals surface area contributed by atoms with Crippen molar-refractivity contribution in [3.8, 4) is 0 Å². The molecule has 1 saturated heterocycles. The minimum atomic E-state index is 0.856. The average molecular weight is 258 g/mol. The molecule has 88 valence electrons. The smallest absolute Gasteiger partial charge is 0.0594 e. The number of thioether (sulfide) groups is 1. The summed E-state index contributed by atoms with van der Waals surface area (Å²) in [5.74, 6) is 1.09. The fraction of sp³-hybridized carbons (Fsp3) is 0.500. The third kappa shape index (κ3) is 3.67. The molecule has 0 N–H and O–H groups in total. The number of halogens is 1. The van der Waals surface area contributed by atoms with Gasteiger partial charge in [-0.2, -0.15) is 0 Å². The van der Waals surface area contributed by atoms with E-state index in [9.17, 15) is 0 Å². The van der Waals surface area contributed by atoms with Crippen LogP contribution in [0.3, 0.4) is 0 Å². The highest BCUT2D eigenvalue weighted by molar-refractivity contribution is 7.99. The Morgan fingerprint density at radius 2 is 2.00 bits per heavy atom. The monoisotopic (exact) mass is 257 g/mol. The summed E-state index contributed by atoms with van der Waals surface area (Å²) in [7, 11) is 0. The maximum atomic E-state index is 6.09. The number of benzene rings is 1. The molecule has 1 fully saturated rings. The van der Waals surface area contributed by atoms with E-state index in [0.29, 0.717) is 0 Å². The number of ether oxygens (including phenoxy) is 1. The first-order valence-electron chi connectivity index (χ1n) is 5.54. The molecule has 0 saturated carbocycles. The molecule has 1 heterocycles. The summed E-state index contributed by atoms with van der Waals surface area (Å²) in [6.45, 7) is 4.97. The van der Waals surface area contributed by atoms with Gasteiger partial charge in [0, 0.05) is 30.3 Å². The lowest BCUT2D eigenvalue weighted by molar-refractivity contribution is 0.0410. The van der Waals surface area contributed by atoms with Crippen LogP contribution in [0.2, 0.25) is 5.02 Å². The highest BCUT2D eigenvalue weighted by atomic mass is 35.5. The summed E-state index contributed by atoms with van der Waals surface area (Å²) in [5, 5.41) is 0.856. The first-order valence-corrected chi connectivity index (χ1v) is 6.90. The van der Waals surface area contributed by atoms with Gasteiger partial charge < -0.3 is 4.74 Å². The normalized spacial score (nSPS) is 17.6. The van der Waals surface area contributed by atoms with Crippen molar-refractivity contribution in [2.45, 2.75) is 4.90 Å².